The Morgan fingerprint density at radius 2 is 0.623 bits per heavy atom. The molecule has 0 unspecified atom stereocenters. The molecule has 0 amide bonds. The summed E-state index contributed by atoms with van der Waals surface area (Å²) in [5.74, 6) is 0. The van der Waals surface area contributed by atoms with Crippen LogP contribution >= 0.6 is 0 Å². The van der Waals surface area contributed by atoms with Crippen LogP contribution in [0.25, 0.3) is 65.8 Å². The number of hydrogen-bond donors (Lipinski definition) is 0. The molecule has 346 valence electrons. The molecule has 0 atom stereocenters. The Hall–Kier alpha value is -7.24. The van der Waals surface area contributed by atoms with Gasteiger partial charge in [-0.25, -0.2) is 0 Å². The molecule has 0 N–H and O–H groups in total. The first-order valence-corrected chi connectivity index (χ1v) is 24.4. The summed E-state index contributed by atoms with van der Waals surface area (Å²) in [5.41, 5.74) is 15.7. The minimum Gasteiger partial charge on any atom is -0.456 e. The topological polar surface area (TPSA) is 45.9 Å². The van der Waals surface area contributed by atoms with Gasteiger partial charge in [0.15, 0.2) is 5.58 Å². The van der Waals surface area contributed by atoms with Crippen LogP contribution in [0.4, 0.5) is 34.1 Å². The zero-order valence-electron chi connectivity index (χ0n) is 42.1. The summed E-state index contributed by atoms with van der Waals surface area (Å²) in [6.07, 6.45) is 0. The standard InChI is InChI=1S/C64H62N2O3/c1-61(2,3)39-21-29-43(30-22-39)65(44-31-23-40(24-32-44)62(4,5)6)49-37-54-58(60-55(49)47-17-13-15-19-51(47)69-60)57-53(67-54)38-50(59-56(57)48-18-14-16-20-52(48)68-59)66(45-33-25-41(26-34-45)63(7,8)9)46-35-27-42(28-36-46)64(10,11)12/h13-38H,1-12H3. The summed E-state index contributed by atoms with van der Waals surface area (Å²) in [6.45, 7) is 27.1. The first-order chi connectivity index (χ1) is 32.7. The van der Waals surface area contributed by atoms with Crippen LogP contribution in [0.3, 0.4) is 0 Å². The molecular weight excluding hydrogens is 845 g/mol. The summed E-state index contributed by atoms with van der Waals surface area (Å²) in [6, 6.07) is 57.2. The Morgan fingerprint density at radius 3 is 1.03 bits per heavy atom. The second kappa shape index (κ2) is 15.6. The molecule has 3 heterocycles. The first kappa shape index (κ1) is 44.3. The number of para-hydroxylation sites is 2. The lowest BCUT2D eigenvalue weighted by atomic mass is 9.86. The summed E-state index contributed by atoms with van der Waals surface area (Å²) < 4.78 is 21.5. The van der Waals surface area contributed by atoms with Crippen molar-refractivity contribution in [2.24, 2.45) is 0 Å². The predicted octanol–water partition coefficient (Wildman–Crippen LogP) is 19.5. The molecule has 0 saturated carbocycles. The maximum Gasteiger partial charge on any atom is 0.160 e. The Balaban J connectivity index is 1.24. The quantitative estimate of drug-likeness (QED) is 0.166. The van der Waals surface area contributed by atoms with Crippen LogP contribution in [-0.4, -0.2) is 0 Å². The number of hydrogen-bond acceptors (Lipinski definition) is 5. The molecule has 69 heavy (non-hydrogen) atoms. The van der Waals surface area contributed by atoms with E-state index < -0.39 is 0 Å². The Morgan fingerprint density at radius 1 is 0.290 bits per heavy atom. The third-order valence-corrected chi connectivity index (χ3v) is 14.1. The smallest absolute Gasteiger partial charge is 0.160 e. The van der Waals surface area contributed by atoms with E-state index in [9.17, 15) is 0 Å². The van der Waals surface area contributed by atoms with Crippen molar-refractivity contribution in [3.05, 3.63) is 180 Å². The van der Waals surface area contributed by atoms with E-state index in [0.29, 0.717) is 0 Å². The van der Waals surface area contributed by atoms with Gasteiger partial charge < -0.3 is 23.1 Å². The molecule has 0 bridgehead atoms. The van der Waals surface area contributed by atoms with Gasteiger partial charge in [-0.3, -0.25) is 0 Å². The second-order valence-electron chi connectivity index (χ2n) is 23.1. The Labute approximate surface area is 405 Å². The highest BCUT2D eigenvalue weighted by molar-refractivity contribution is 6.35. The minimum absolute atomic E-state index is 0.000909. The van der Waals surface area contributed by atoms with Gasteiger partial charge in [0.2, 0.25) is 0 Å². The number of fused-ring (bicyclic) bond motifs is 11. The van der Waals surface area contributed by atoms with Gasteiger partial charge in [-0.05, 0) is 105 Å². The van der Waals surface area contributed by atoms with Crippen LogP contribution in [0.15, 0.2) is 171 Å². The fraction of sp³-hybridized carbons (Fsp3) is 0.250. The molecule has 0 aliphatic heterocycles. The van der Waals surface area contributed by atoms with Crippen molar-refractivity contribution >= 4 is 99.9 Å². The molecule has 0 fully saturated rings. The van der Waals surface area contributed by atoms with Crippen LogP contribution in [0.5, 0.6) is 0 Å². The molecule has 0 radical (unpaired) electrons. The number of furan rings is 3. The van der Waals surface area contributed by atoms with E-state index in [1.807, 2.05) is 12.1 Å². The Bertz CT molecular complexity index is 3610. The van der Waals surface area contributed by atoms with Gasteiger partial charge in [0, 0.05) is 56.4 Å². The SMILES string of the molecule is CC(C)(C)c1ccc(N(c2ccc(C(C)(C)C)cc2)c2cc3oc4cc(N(c5ccc(C(C)(C)C)cc5)c5ccc(C(C)(C)C)cc5)c5c6ccccc6oc5c4c3c3c2oc2ccccc23)cc1. The molecule has 11 rings (SSSR count). The molecule has 3 aromatic heterocycles. The van der Waals surface area contributed by atoms with Crippen molar-refractivity contribution in [1.82, 2.24) is 0 Å². The highest BCUT2D eigenvalue weighted by Gasteiger charge is 2.30. The lowest BCUT2D eigenvalue weighted by molar-refractivity contribution is 0.590. The van der Waals surface area contributed by atoms with Gasteiger partial charge in [0.25, 0.3) is 0 Å². The van der Waals surface area contributed by atoms with E-state index >= 15 is 0 Å². The van der Waals surface area contributed by atoms with Crippen molar-refractivity contribution in [2.75, 3.05) is 9.80 Å². The molecule has 0 aliphatic rings. The van der Waals surface area contributed by atoms with Crippen LogP contribution in [0.2, 0.25) is 0 Å². The monoisotopic (exact) mass is 906 g/mol. The van der Waals surface area contributed by atoms with E-state index in [2.05, 4.69) is 238 Å². The highest BCUT2D eigenvalue weighted by Crippen LogP contribution is 2.53. The second-order valence-corrected chi connectivity index (χ2v) is 23.1. The van der Waals surface area contributed by atoms with Gasteiger partial charge in [-0.2, -0.15) is 0 Å². The molecule has 11 aromatic rings. The lowest BCUT2D eigenvalue weighted by Crippen LogP contribution is -2.14. The third kappa shape index (κ3) is 7.54. The molecule has 0 spiro atoms. The van der Waals surface area contributed by atoms with E-state index in [0.717, 1.165) is 99.9 Å². The maximum absolute atomic E-state index is 7.31. The fourth-order valence-corrected chi connectivity index (χ4v) is 10.1. The van der Waals surface area contributed by atoms with Gasteiger partial charge in [0.1, 0.15) is 27.9 Å². The van der Waals surface area contributed by atoms with E-state index in [-0.39, 0.29) is 21.7 Å². The third-order valence-electron chi connectivity index (χ3n) is 14.1. The number of rotatable bonds is 6. The lowest BCUT2D eigenvalue weighted by Gasteiger charge is -2.28. The minimum atomic E-state index is -0.000909. The molecule has 5 nitrogen and oxygen atoms in total. The number of nitrogens with zero attached hydrogens (tertiary/aromatic N) is 2. The van der Waals surface area contributed by atoms with Crippen molar-refractivity contribution in [2.45, 2.75) is 105 Å². The van der Waals surface area contributed by atoms with Crippen molar-refractivity contribution in [3.8, 4) is 0 Å². The summed E-state index contributed by atoms with van der Waals surface area (Å²) in [4.78, 5) is 4.69. The summed E-state index contributed by atoms with van der Waals surface area (Å²) in [5, 5.41) is 5.94. The van der Waals surface area contributed by atoms with Gasteiger partial charge in [-0.1, -0.05) is 168 Å². The van der Waals surface area contributed by atoms with Crippen molar-refractivity contribution < 1.29 is 13.3 Å². The van der Waals surface area contributed by atoms with Gasteiger partial charge >= 0.3 is 0 Å². The van der Waals surface area contributed by atoms with Crippen molar-refractivity contribution in [3.63, 3.8) is 0 Å². The fourth-order valence-electron chi connectivity index (χ4n) is 10.1. The molecular formula is C64H62N2O3. The van der Waals surface area contributed by atoms with E-state index in [4.69, 9.17) is 13.3 Å². The maximum atomic E-state index is 7.31. The average Bonchev–Trinajstić information content (AvgIpc) is 4.00. The highest BCUT2D eigenvalue weighted by atomic mass is 16.3. The van der Waals surface area contributed by atoms with Crippen LogP contribution in [0.1, 0.15) is 105 Å². The number of benzene rings is 8. The average molecular weight is 907 g/mol. The molecule has 8 aromatic carbocycles. The molecule has 5 heteroatoms. The number of anilines is 6. The zero-order valence-corrected chi connectivity index (χ0v) is 42.1. The zero-order chi connectivity index (χ0) is 48.4. The van der Waals surface area contributed by atoms with E-state index in [1.165, 1.54) is 22.3 Å². The first-order valence-electron chi connectivity index (χ1n) is 24.4. The van der Waals surface area contributed by atoms with Crippen LogP contribution in [-0.2, 0) is 21.7 Å². The Kier molecular flexibility index (Phi) is 10.0. The predicted molar refractivity (Wildman–Crippen MR) is 292 cm³/mol. The largest absolute Gasteiger partial charge is 0.456 e. The van der Waals surface area contributed by atoms with E-state index in [1.54, 1.807) is 0 Å². The van der Waals surface area contributed by atoms with Gasteiger partial charge in [0.05, 0.1) is 22.1 Å². The van der Waals surface area contributed by atoms with Crippen LogP contribution < -0.4 is 9.80 Å². The summed E-state index contributed by atoms with van der Waals surface area (Å²) in [7, 11) is 0. The van der Waals surface area contributed by atoms with Crippen molar-refractivity contribution in [1.29, 1.82) is 0 Å². The molecule has 0 aliphatic carbocycles. The molecule has 0 saturated heterocycles. The summed E-state index contributed by atoms with van der Waals surface area (Å²) >= 11 is 0. The van der Waals surface area contributed by atoms with Crippen LogP contribution in [0, 0.1) is 0 Å². The van der Waals surface area contributed by atoms with Gasteiger partial charge in [-0.15, -0.1) is 0 Å². The normalized spacial score (nSPS) is 12.9.